The van der Waals surface area contributed by atoms with Crippen molar-refractivity contribution in [2.75, 3.05) is 31.2 Å². The molecule has 2 aliphatic rings. The molecule has 106 valence electrons. The Hall–Kier alpha value is -1.81. The molecule has 0 aliphatic carbocycles. The molecule has 1 N–H and O–H groups in total. The fraction of sp³-hybridized carbons (Fsp3) is 0.438. The van der Waals surface area contributed by atoms with Crippen LogP contribution in [-0.2, 0) is 4.74 Å². The number of rotatable bonds is 4. The highest BCUT2D eigenvalue weighted by atomic mass is 16.5. The molecule has 0 aromatic heterocycles. The van der Waals surface area contributed by atoms with E-state index in [-0.39, 0.29) is 5.91 Å². The smallest absolute Gasteiger partial charge is 0.251 e. The molecule has 2 heterocycles. The molecule has 0 bridgehead atoms. The molecule has 3 rings (SSSR count). The second-order valence-electron chi connectivity index (χ2n) is 5.35. The molecule has 20 heavy (non-hydrogen) atoms. The first kappa shape index (κ1) is 13.2. The van der Waals surface area contributed by atoms with E-state index in [0.717, 1.165) is 43.9 Å². The maximum atomic E-state index is 12.1. The second kappa shape index (κ2) is 6.09. The van der Waals surface area contributed by atoms with Gasteiger partial charge in [-0.05, 0) is 37.1 Å². The maximum Gasteiger partial charge on any atom is 0.251 e. The van der Waals surface area contributed by atoms with Crippen LogP contribution in [0.4, 0.5) is 5.69 Å². The van der Waals surface area contributed by atoms with Crippen LogP contribution >= 0.6 is 0 Å². The Morgan fingerprint density at radius 2 is 2.20 bits per heavy atom. The van der Waals surface area contributed by atoms with Crippen molar-refractivity contribution in [1.29, 1.82) is 0 Å². The first-order valence-electron chi connectivity index (χ1n) is 7.22. The summed E-state index contributed by atoms with van der Waals surface area (Å²) in [6.07, 6.45) is 6.38. The molecule has 2 aliphatic heterocycles. The Labute approximate surface area is 119 Å². The molecule has 0 radical (unpaired) electrons. The number of anilines is 1. The number of amides is 1. The molecule has 1 amide bonds. The van der Waals surface area contributed by atoms with E-state index in [1.165, 1.54) is 0 Å². The molecule has 0 saturated carbocycles. The van der Waals surface area contributed by atoms with Gasteiger partial charge in [0.2, 0.25) is 0 Å². The summed E-state index contributed by atoms with van der Waals surface area (Å²) in [5, 5.41) is 2.98. The minimum atomic E-state index is 0.000383. The van der Waals surface area contributed by atoms with Gasteiger partial charge in [0.05, 0.1) is 6.61 Å². The highest BCUT2D eigenvalue weighted by Crippen LogP contribution is 2.19. The summed E-state index contributed by atoms with van der Waals surface area (Å²) in [6, 6.07) is 7.79. The van der Waals surface area contributed by atoms with E-state index in [1.54, 1.807) is 0 Å². The summed E-state index contributed by atoms with van der Waals surface area (Å²) in [4.78, 5) is 14.2. The summed E-state index contributed by atoms with van der Waals surface area (Å²) in [6.45, 7) is 3.31. The average molecular weight is 272 g/mol. The lowest BCUT2D eigenvalue weighted by molar-refractivity contribution is 0.0945. The van der Waals surface area contributed by atoms with Gasteiger partial charge in [0.25, 0.3) is 5.91 Å². The van der Waals surface area contributed by atoms with Crippen LogP contribution in [0.2, 0.25) is 0 Å². The number of carbonyl (C=O) groups is 1. The molecule has 1 saturated heterocycles. The number of hydrogen-bond acceptors (Lipinski definition) is 3. The number of hydrogen-bond donors (Lipinski definition) is 1. The van der Waals surface area contributed by atoms with Gasteiger partial charge in [-0.3, -0.25) is 4.79 Å². The molecule has 1 fully saturated rings. The number of nitrogens with one attached hydrogen (secondary N) is 1. The lowest BCUT2D eigenvalue weighted by atomic mass is 10.1. The molecule has 1 unspecified atom stereocenters. The SMILES string of the molecule is O=C(NCC1CCOC1)c1ccc(N2C=CCC2)cc1. The van der Waals surface area contributed by atoms with E-state index < -0.39 is 0 Å². The predicted molar refractivity (Wildman–Crippen MR) is 78.8 cm³/mol. The average Bonchev–Trinajstić information content (AvgIpc) is 3.18. The van der Waals surface area contributed by atoms with Gasteiger partial charge >= 0.3 is 0 Å². The van der Waals surface area contributed by atoms with Crippen molar-refractivity contribution < 1.29 is 9.53 Å². The number of carbonyl (C=O) groups excluding carboxylic acids is 1. The van der Waals surface area contributed by atoms with Crippen molar-refractivity contribution in [2.24, 2.45) is 5.92 Å². The van der Waals surface area contributed by atoms with Gasteiger partial charge in [-0.1, -0.05) is 6.08 Å². The molecule has 1 aromatic rings. The van der Waals surface area contributed by atoms with Gasteiger partial charge in [-0.2, -0.15) is 0 Å². The van der Waals surface area contributed by atoms with E-state index >= 15 is 0 Å². The largest absolute Gasteiger partial charge is 0.381 e. The normalized spacial score (nSPS) is 21.4. The lowest BCUT2D eigenvalue weighted by Crippen LogP contribution is -2.29. The predicted octanol–water partition coefficient (Wildman–Crippen LogP) is 2.18. The standard InChI is InChI=1S/C16H20N2O2/c19-16(17-11-13-7-10-20-12-13)14-3-5-15(6-4-14)18-8-1-2-9-18/h1,3-6,8,13H,2,7,9-12H2,(H,17,19). The van der Waals surface area contributed by atoms with Crippen molar-refractivity contribution in [3.63, 3.8) is 0 Å². The van der Waals surface area contributed by atoms with Gasteiger partial charge in [0.15, 0.2) is 0 Å². The van der Waals surface area contributed by atoms with E-state index in [0.29, 0.717) is 12.5 Å². The Kier molecular flexibility index (Phi) is 4.02. The summed E-state index contributed by atoms with van der Waals surface area (Å²) in [5.74, 6) is 0.466. The van der Waals surface area contributed by atoms with Crippen LogP contribution in [0.1, 0.15) is 23.2 Å². The quantitative estimate of drug-likeness (QED) is 0.913. The van der Waals surface area contributed by atoms with Crippen LogP contribution in [0, 0.1) is 5.92 Å². The van der Waals surface area contributed by atoms with Gasteiger partial charge in [0, 0.05) is 43.1 Å². The highest BCUT2D eigenvalue weighted by Gasteiger charge is 2.17. The first-order valence-corrected chi connectivity index (χ1v) is 7.22. The minimum absolute atomic E-state index is 0.000383. The van der Waals surface area contributed by atoms with Crippen LogP contribution in [0.15, 0.2) is 36.5 Å². The molecular formula is C16H20N2O2. The van der Waals surface area contributed by atoms with Crippen LogP contribution in [-0.4, -0.2) is 32.2 Å². The Morgan fingerprint density at radius 1 is 1.35 bits per heavy atom. The van der Waals surface area contributed by atoms with Crippen molar-refractivity contribution in [3.05, 3.63) is 42.1 Å². The summed E-state index contributed by atoms with van der Waals surface area (Å²) in [5.41, 5.74) is 1.86. The second-order valence-corrected chi connectivity index (χ2v) is 5.35. The Morgan fingerprint density at radius 3 is 2.85 bits per heavy atom. The zero-order chi connectivity index (χ0) is 13.8. The van der Waals surface area contributed by atoms with Gasteiger partial charge in [-0.15, -0.1) is 0 Å². The maximum absolute atomic E-state index is 12.1. The summed E-state index contributed by atoms with van der Waals surface area (Å²) in [7, 11) is 0. The molecule has 4 nitrogen and oxygen atoms in total. The van der Waals surface area contributed by atoms with Crippen LogP contribution < -0.4 is 10.2 Å². The first-order chi connectivity index (χ1) is 9.83. The lowest BCUT2D eigenvalue weighted by Gasteiger charge is -2.16. The Bertz CT molecular complexity index is 490. The third-order valence-electron chi connectivity index (χ3n) is 3.86. The third-order valence-corrected chi connectivity index (χ3v) is 3.86. The Balaban J connectivity index is 1.56. The van der Waals surface area contributed by atoms with Gasteiger partial charge < -0.3 is 15.0 Å². The van der Waals surface area contributed by atoms with E-state index in [1.807, 2.05) is 24.3 Å². The van der Waals surface area contributed by atoms with Crippen molar-refractivity contribution in [2.45, 2.75) is 12.8 Å². The molecule has 4 heteroatoms. The molecule has 1 atom stereocenters. The zero-order valence-electron chi connectivity index (χ0n) is 11.5. The molecule has 1 aromatic carbocycles. The van der Waals surface area contributed by atoms with E-state index in [4.69, 9.17) is 4.74 Å². The number of benzene rings is 1. The summed E-state index contributed by atoms with van der Waals surface area (Å²) >= 11 is 0. The van der Waals surface area contributed by atoms with Gasteiger partial charge in [0.1, 0.15) is 0 Å². The summed E-state index contributed by atoms with van der Waals surface area (Å²) < 4.78 is 5.30. The topological polar surface area (TPSA) is 41.6 Å². The van der Waals surface area contributed by atoms with Crippen LogP contribution in [0.3, 0.4) is 0 Å². The monoisotopic (exact) mass is 272 g/mol. The fourth-order valence-corrected chi connectivity index (χ4v) is 2.59. The number of ether oxygens (including phenoxy) is 1. The highest BCUT2D eigenvalue weighted by molar-refractivity contribution is 5.94. The van der Waals surface area contributed by atoms with Gasteiger partial charge in [-0.25, -0.2) is 0 Å². The number of nitrogens with zero attached hydrogens (tertiary/aromatic N) is 1. The minimum Gasteiger partial charge on any atom is -0.381 e. The van der Waals surface area contributed by atoms with Crippen molar-refractivity contribution in [1.82, 2.24) is 5.32 Å². The van der Waals surface area contributed by atoms with Crippen LogP contribution in [0.5, 0.6) is 0 Å². The fourth-order valence-electron chi connectivity index (χ4n) is 2.59. The van der Waals surface area contributed by atoms with Crippen molar-refractivity contribution in [3.8, 4) is 0 Å². The third kappa shape index (κ3) is 3.02. The van der Waals surface area contributed by atoms with Crippen LogP contribution in [0.25, 0.3) is 0 Å². The van der Waals surface area contributed by atoms with E-state index in [9.17, 15) is 4.79 Å². The molecule has 0 spiro atoms. The molecular weight excluding hydrogens is 252 g/mol. The van der Waals surface area contributed by atoms with E-state index in [2.05, 4.69) is 22.5 Å². The van der Waals surface area contributed by atoms with Crippen molar-refractivity contribution >= 4 is 11.6 Å². The zero-order valence-corrected chi connectivity index (χ0v) is 11.5.